The second kappa shape index (κ2) is 4.97. The van der Waals surface area contributed by atoms with E-state index in [4.69, 9.17) is 0 Å². The number of carbonyl (C=O) groups excluding carboxylic acids is 1. The van der Waals surface area contributed by atoms with Gasteiger partial charge >= 0.3 is 0 Å². The first-order chi connectivity index (χ1) is 9.65. The Labute approximate surface area is 119 Å². The van der Waals surface area contributed by atoms with Crippen molar-refractivity contribution in [2.24, 2.45) is 0 Å². The minimum absolute atomic E-state index is 0.00902. The first-order valence-corrected chi connectivity index (χ1v) is 6.80. The molecule has 0 aromatic heterocycles. The maximum Gasteiger partial charge on any atom is 0.217 e. The Morgan fingerprint density at radius 2 is 1.85 bits per heavy atom. The predicted octanol–water partition coefficient (Wildman–Crippen LogP) is 3.73. The van der Waals surface area contributed by atoms with E-state index in [-0.39, 0.29) is 11.9 Å². The second-order valence-electron chi connectivity index (χ2n) is 5.23. The van der Waals surface area contributed by atoms with Gasteiger partial charge in [0.1, 0.15) is 0 Å². The summed E-state index contributed by atoms with van der Waals surface area (Å²) in [7, 11) is 0. The van der Waals surface area contributed by atoms with Crippen LogP contribution in [0, 0.1) is 6.92 Å². The van der Waals surface area contributed by atoms with Crippen LogP contribution < -0.4 is 5.32 Å². The van der Waals surface area contributed by atoms with E-state index in [2.05, 4.69) is 48.6 Å². The largest absolute Gasteiger partial charge is 0.345 e. The van der Waals surface area contributed by atoms with Crippen LogP contribution in [0.25, 0.3) is 11.6 Å². The third kappa shape index (κ3) is 2.25. The molecule has 3 rings (SSSR count). The minimum atomic E-state index is -0.0505. The Morgan fingerprint density at radius 3 is 2.55 bits per heavy atom. The third-order valence-corrected chi connectivity index (χ3v) is 3.63. The molecule has 1 aliphatic rings. The van der Waals surface area contributed by atoms with Gasteiger partial charge in [0.2, 0.25) is 5.91 Å². The van der Waals surface area contributed by atoms with Crippen molar-refractivity contribution < 1.29 is 4.79 Å². The number of nitrogens with one attached hydrogen (secondary N) is 1. The Hall–Kier alpha value is -2.35. The molecule has 2 nitrogen and oxygen atoms in total. The molecule has 0 saturated heterocycles. The number of rotatable bonds is 2. The Morgan fingerprint density at radius 1 is 1.10 bits per heavy atom. The van der Waals surface area contributed by atoms with Gasteiger partial charge in [0.15, 0.2) is 0 Å². The monoisotopic (exact) mass is 263 g/mol. The zero-order chi connectivity index (χ0) is 14.1. The molecule has 0 aliphatic heterocycles. The maximum atomic E-state index is 11.5. The van der Waals surface area contributed by atoms with E-state index in [0.29, 0.717) is 0 Å². The van der Waals surface area contributed by atoms with Gasteiger partial charge in [-0.1, -0.05) is 54.1 Å². The molecule has 2 aromatic carbocycles. The molecule has 1 unspecified atom stereocenters. The van der Waals surface area contributed by atoms with Gasteiger partial charge in [-0.15, -0.1) is 0 Å². The van der Waals surface area contributed by atoms with Gasteiger partial charge in [-0.2, -0.15) is 0 Å². The van der Waals surface area contributed by atoms with Crippen LogP contribution in [0.15, 0.2) is 48.5 Å². The molecule has 1 amide bonds. The number of fused-ring (bicyclic) bond motifs is 1. The molecule has 2 heteroatoms. The van der Waals surface area contributed by atoms with Gasteiger partial charge < -0.3 is 5.32 Å². The van der Waals surface area contributed by atoms with Crippen molar-refractivity contribution in [1.29, 1.82) is 0 Å². The van der Waals surface area contributed by atoms with Crippen LogP contribution in [0.4, 0.5) is 0 Å². The zero-order valence-electron chi connectivity index (χ0n) is 11.7. The van der Waals surface area contributed by atoms with Crippen molar-refractivity contribution in [2.75, 3.05) is 0 Å². The van der Waals surface area contributed by atoms with E-state index in [9.17, 15) is 4.79 Å². The smallest absolute Gasteiger partial charge is 0.217 e. The van der Waals surface area contributed by atoms with Gasteiger partial charge in [0, 0.05) is 6.92 Å². The summed E-state index contributed by atoms with van der Waals surface area (Å²) in [6.45, 7) is 3.65. The van der Waals surface area contributed by atoms with Crippen molar-refractivity contribution in [3.8, 4) is 0 Å². The summed E-state index contributed by atoms with van der Waals surface area (Å²) in [5.41, 5.74) is 5.91. The lowest BCUT2D eigenvalue weighted by Gasteiger charge is -2.18. The van der Waals surface area contributed by atoms with Gasteiger partial charge in [0.25, 0.3) is 0 Å². The third-order valence-electron chi connectivity index (χ3n) is 3.63. The molecule has 20 heavy (non-hydrogen) atoms. The highest BCUT2D eigenvalue weighted by atomic mass is 16.1. The summed E-state index contributed by atoms with van der Waals surface area (Å²) in [5.74, 6) is -0.00902. The molecule has 2 aromatic rings. The highest BCUT2D eigenvalue weighted by molar-refractivity contribution is 5.93. The highest BCUT2D eigenvalue weighted by Gasteiger charge is 2.26. The van der Waals surface area contributed by atoms with Gasteiger partial charge in [-0.05, 0) is 35.3 Å². The van der Waals surface area contributed by atoms with Crippen molar-refractivity contribution in [2.45, 2.75) is 19.9 Å². The van der Waals surface area contributed by atoms with Crippen LogP contribution in [0.5, 0.6) is 0 Å². The fourth-order valence-electron chi connectivity index (χ4n) is 2.74. The predicted molar refractivity (Wildman–Crippen MR) is 82.0 cm³/mol. The van der Waals surface area contributed by atoms with E-state index in [1.165, 1.54) is 16.7 Å². The summed E-state index contributed by atoms with van der Waals surface area (Å²) < 4.78 is 0. The second-order valence-corrected chi connectivity index (χ2v) is 5.23. The lowest BCUT2D eigenvalue weighted by atomic mass is 9.97. The Balaban J connectivity index is 2.09. The molecule has 0 heterocycles. The fourth-order valence-corrected chi connectivity index (χ4v) is 2.74. The molecule has 1 atom stereocenters. The van der Waals surface area contributed by atoms with Crippen molar-refractivity contribution in [3.63, 3.8) is 0 Å². The molecular formula is C18H17NO. The molecule has 0 radical (unpaired) electrons. The topological polar surface area (TPSA) is 29.1 Å². The summed E-state index contributed by atoms with van der Waals surface area (Å²) in [4.78, 5) is 11.5. The van der Waals surface area contributed by atoms with Gasteiger partial charge in [-0.25, -0.2) is 0 Å². The first kappa shape index (κ1) is 12.7. The minimum Gasteiger partial charge on any atom is -0.345 e. The Kier molecular flexibility index (Phi) is 3.15. The summed E-state index contributed by atoms with van der Waals surface area (Å²) in [6, 6.07) is 16.5. The molecule has 100 valence electrons. The summed E-state index contributed by atoms with van der Waals surface area (Å²) >= 11 is 0. The zero-order valence-corrected chi connectivity index (χ0v) is 11.7. The van der Waals surface area contributed by atoms with Crippen LogP contribution in [0.3, 0.4) is 0 Å². The molecule has 0 saturated carbocycles. The molecule has 1 aliphatic carbocycles. The van der Waals surface area contributed by atoms with Crippen LogP contribution >= 0.6 is 0 Å². The van der Waals surface area contributed by atoms with Gasteiger partial charge in [0.05, 0.1) is 6.04 Å². The fraction of sp³-hybridized carbons (Fsp3) is 0.167. The van der Waals surface area contributed by atoms with Gasteiger partial charge in [-0.3, -0.25) is 4.79 Å². The maximum absolute atomic E-state index is 11.5. The van der Waals surface area contributed by atoms with Crippen molar-refractivity contribution in [3.05, 3.63) is 70.8 Å². The van der Waals surface area contributed by atoms with Crippen LogP contribution in [-0.2, 0) is 4.79 Å². The lowest BCUT2D eigenvalue weighted by Crippen LogP contribution is -2.25. The number of carbonyl (C=O) groups is 1. The summed E-state index contributed by atoms with van der Waals surface area (Å²) in [5, 5.41) is 3.06. The average molecular weight is 263 g/mol. The van der Waals surface area contributed by atoms with E-state index >= 15 is 0 Å². The SMILES string of the molecule is CC(=O)NC1C(c2ccccc2)=Cc2cc(C)ccc21. The highest BCUT2D eigenvalue weighted by Crippen LogP contribution is 2.40. The number of amides is 1. The quantitative estimate of drug-likeness (QED) is 0.879. The Bertz CT molecular complexity index is 686. The summed E-state index contributed by atoms with van der Waals surface area (Å²) in [6.07, 6.45) is 2.18. The number of hydrogen-bond acceptors (Lipinski definition) is 1. The van der Waals surface area contributed by atoms with Crippen LogP contribution in [0.2, 0.25) is 0 Å². The van der Waals surface area contributed by atoms with E-state index in [1.54, 1.807) is 6.92 Å². The first-order valence-electron chi connectivity index (χ1n) is 6.80. The lowest BCUT2D eigenvalue weighted by molar-refractivity contribution is -0.119. The van der Waals surface area contributed by atoms with Crippen molar-refractivity contribution in [1.82, 2.24) is 5.32 Å². The normalized spacial score (nSPS) is 16.5. The number of hydrogen-bond donors (Lipinski definition) is 1. The molecular weight excluding hydrogens is 246 g/mol. The van der Waals surface area contributed by atoms with Crippen LogP contribution in [-0.4, -0.2) is 5.91 Å². The molecule has 0 fully saturated rings. The number of aryl methyl sites for hydroxylation is 1. The van der Waals surface area contributed by atoms with Crippen molar-refractivity contribution >= 4 is 17.6 Å². The number of benzene rings is 2. The standard InChI is InChI=1S/C18H17NO/c1-12-8-9-16-15(10-12)11-17(18(16)19-13(2)20)14-6-4-3-5-7-14/h3-11,18H,1-2H3,(H,19,20). The van der Waals surface area contributed by atoms with E-state index < -0.39 is 0 Å². The van der Waals surface area contributed by atoms with Crippen LogP contribution in [0.1, 0.15) is 35.2 Å². The molecule has 0 spiro atoms. The molecule has 0 bridgehead atoms. The van der Waals surface area contributed by atoms with E-state index in [0.717, 1.165) is 11.1 Å². The van der Waals surface area contributed by atoms with E-state index in [1.807, 2.05) is 18.2 Å². The average Bonchev–Trinajstić information content (AvgIpc) is 2.77. The molecule has 1 N–H and O–H groups in total.